The number of carboxylic acid groups (broad SMARTS) is 1. The van der Waals surface area contributed by atoms with Crippen LogP contribution in [0.1, 0.15) is 5.56 Å². The predicted molar refractivity (Wildman–Crippen MR) is 64.0 cm³/mol. The molecule has 0 aliphatic rings. The number of nitrogens with zero attached hydrogens (tertiary/aromatic N) is 1. The van der Waals surface area contributed by atoms with Crippen molar-refractivity contribution in [3.05, 3.63) is 36.0 Å². The van der Waals surface area contributed by atoms with Crippen molar-refractivity contribution in [3.63, 3.8) is 0 Å². The SMILES string of the molecule is Cc1cccc2c1ccn2CC(Cl)C(=O)O. The molecule has 0 saturated carbocycles. The number of fused-ring (bicyclic) bond motifs is 1. The molecule has 0 fully saturated rings. The minimum atomic E-state index is -0.990. The summed E-state index contributed by atoms with van der Waals surface area (Å²) in [7, 11) is 0. The third-order valence-corrected chi connectivity index (χ3v) is 2.98. The summed E-state index contributed by atoms with van der Waals surface area (Å²) in [6.07, 6.45) is 1.87. The van der Waals surface area contributed by atoms with Crippen LogP contribution in [0.5, 0.6) is 0 Å². The number of aromatic nitrogens is 1. The minimum absolute atomic E-state index is 0.282. The van der Waals surface area contributed by atoms with E-state index >= 15 is 0 Å². The summed E-state index contributed by atoms with van der Waals surface area (Å²) in [5.74, 6) is -0.990. The van der Waals surface area contributed by atoms with Crippen molar-refractivity contribution in [2.24, 2.45) is 0 Å². The normalized spacial score (nSPS) is 12.9. The van der Waals surface area contributed by atoms with Crippen molar-refractivity contribution in [2.75, 3.05) is 0 Å². The first-order valence-corrected chi connectivity index (χ1v) is 5.44. The number of rotatable bonds is 3. The van der Waals surface area contributed by atoms with E-state index in [0.717, 1.165) is 10.9 Å². The van der Waals surface area contributed by atoms with Crippen molar-refractivity contribution in [1.29, 1.82) is 0 Å². The molecule has 16 heavy (non-hydrogen) atoms. The number of carboxylic acids is 1. The van der Waals surface area contributed by atoms with Gasteiger partial charge in [-0.1, -0.05) is 12.1 Å². The zero-order valence-corrected chi connectivity index (χ0v) is 9.61. The van der Waals surface area contributed by atoms with Gasteiger partial charge < -0.3 is 9.67 Å². The fraction of sp³-hybridized carbons (Fsp3) is 0.250. The number of alkyl halides is 1. The molecule has 1 N–H and O–H groups in total. The lowest BCUT2D eigenvalue weighted by atomic mass is 10.1. The summed E-state index contributed by atoms with van der Waals surface area (Å²) in [5, 5.41) is 9.01. The Kier molecular flexibility index (Phi) is 2.88. The number of halogens is 1. The molecular weight excluding hydrogens is 226 g/mol. The second-order valence-electron chi connectivity index (χ2n) is 3.78. The van der Waals surface area contributed by atoms with Crippen LogP contribution in [0.3, 0.4) is 0 Å². The lowest BCUT2D eigenvalue weighted by Gasteiger charge is -2.07. The van der Waals surface area contributed by atoms with E-state index in [-0.39, 0.29) is 6.54 Å². The molecule has 0 bridgehead atoms. The van der Waals surface area contributed by atoms with Crippen molar-refractivity contribution in [3.8, 4) is 0 Å². The second-order valence-corrected chi connectivity index (χ2v) is 4.31. The first-order valence-electron chi connectivity index (χ1n) is 5.01. The molecule has 0 aliphatic heterocycles. The Labute approximate surface area is 98.3 Å². The third kappa shape index (κ3) is 1.91. The highest BCUT2D eigenvalue weighted by Gasteiger charge is 2.15. The van der Waals surface area contributed by atoms with Gasteiger partial charge in [0.2, 0.25) is 0 Å². The summed E-state index contributed by atoms with van der Waals surface area (Å²) >= 11 is 5.73. The molecule has 2 aromatic rings. The van der Waals surface area contributed by atoms with Crippen LogP contribution in [0, 0.1) is 6.92 Å². The molecule has 3 nitrogen and oxygen atoms in total. The lowest BCUT2D eigenvalue weighted by molar-refractivity contribution is -0.136. The van der Waals surface area contributed by atoms with Crippen LogP contribution in [0.25, 0.3) is 10.9 Å². The third-order valence-electron chi connectivity index (χ3n) is 2.66. The molecule has 1 aromatic heterocycles. The zero-order chi connectivity index (χ0) is 11.7. The van der Waals surface area contributed by atoms with E-state index in [4.69, 9.17) is 16.7 Å². The van der Waals surface area contributed by atoms with Gasteiger partial charge in [-0.15, -0.1) is 11.6 Å². The van der Waals surface area contributed by atoms with E-state index in [2.05, 4.69) is 0 Å². The highest BCUT2D eigenvalue weighted by atomic mass is 35.5. The predicted octanol–water partition coefficient (Wildman–Crippen LogP) is 2.64. The van der Waals surface area contributed by atoms with Gasteiger partial charge in [-0.3, -0.25) is 4.79 Å². The van der Waals surface area contributed by atoms with Crippen LogP contribution in [0.15, 0.2) is 30.5 Å². The largest absolute Gasteiger partial charge is 0.480 e. The standard InChI is InChI=1S/C12H12ClNO2/c1-8-3-2-4-11-9(8)5-6-14(11)7-10(13)12(15)16/h2-6,10H,7H2,1H3,(H,15,16). The Morgan fingerprint density at radius 2 is 2.25 bits per heavy atom. The van der Waals surface area contributed by atoms with Crippen LogP contribution >= 0.6 is 11.6 Å². The van der Waals surface area contributed by atoms with Crippen molar-refractivity contribution in [2.45, 2.75) is 18.8 Å². The molecule has 0 saturated heterocycles. The van der Waals surface area contributed by atoms with Crippen LogP contribution in [0.4, 0.5) is 0 Å². The summed E-state index contributed by atoms with van der Waals surface area (Å²) in [6.45, 7) is 2.31. The van der Waals surface area contributed by atoms with Gasteiger partial charge in [0.1, 0.15) is 5.38 Å². The first kappa shape index (κ1) is 11.0. The first-order chi connectivity index (χ1) is 7.59. The monoisotopic (exact) mass is 237 g/mol. The second kappa shape index (κ2) is 4.18. The molecule has 84 valence electrons. The van der Waals surface area contributed by atoms with E-state index in [1.165, 1.54) is 5.56 Å². The average molecular weight is 238 g/mol. The van der Waals surface area contributed by atoms with Crippen molar-refractivity contribution >= 4 is 28.5 Å². The Morgan fingerprint density at radius 3 is 2.94 bits per heavy atom. The van der Waals surface area contributed by atoms with Crippen molar-refractivity contribution < 1.29 is 9.90 Å². The average Bonchev–Trinajstić information content (AvgIpc) is 2.63. The summed E-state index contributed by atoms with van der Waals surface area (Å²) in [4.78, 5) is 10.7. The van der Waals surface area contributed by atoms with E-state index in [1.807, 2.05) is 42.0 Å². The maximum absolute atomic E-state index is 10.7. The van der Waals surface area contributed by atoms with Gasteiger partial charge in [0.05, 0.1) is 0 Å². The van der Waals surface area contributed by atoms with Crippen LogP contribution in [0.2, 0.25) is 0 Å². The Hall–Kier alpha value is -1.48. The highest BCUT2D eigenvalue weighted by Crippen LogP contribution is 2.20. The van der Waals surface area contributed by atoms with Crippen LogP contribution < -0.4 is 0 Å². The summed E-state index contributed by atoms with van der Waals surface area (Å²) < 4.78 is 1.87. The van der Waals surface area contributed by atoms with Gasteiger partial charge in [-0.25, -0.2) is 0 Å². The Morgan fingerprint density at radius 1 is 1.50 bits per heavy atom. The highest BCUT2D eigenvalue weighted by molar-refractivity contribution is 6.29. The van der Waals surface area contributed by atoms with Gasteiger partial charge >= 0.3 is 5.97 Å². The molecule has 1 unspecified atom stereocenters. The zero-order valence-electron chi connectivity index (χ0n) is 8.85. The van der Waals surface area contributed by atoms with Crippen molar-refractivity contribution in [1.82, 2.24) is 4.57 Å². The molecule has 0 spiro atoms. The molecule has 1 atom stereocenters. The summed E-state index contributed by atoms with van der Waals surface area (Å²) in [6, 6.07) is 7.93. The number of aliphatic carboxylic acids is 1. The van der Waals surface area contributed by atoms with Crippen LogP contribution in [-0.4, -0.2) is 21.0 Å². The molecule has 1 heterocycles. The quantitative estimate of drug-likeness (QED) is 0.834. The van der Waals surface area contributed by atoms with Gasteiger partial charge in [0.25, 0.3) is 0 Å². The molecule has 4 heteroatoms. The number of hydrogen-bond donors (Lipinski definition) is 1. The number of benzene rings is 1. The molecule has 2 rings (SSSR count). The fourth-order valence-corrected chi connectivity index (χ4v) is 1.94. The number of hydrogen-bond acceptors (Lipinski definition) is 1. The molecule has 0 radical (unpaired) electrons. The van der Waals surface area contributed by atoms with Gasteiger partial charge in [-0.2, -0.15) is 0 Å². The smallest absolute Gasteiger partial charge is 0.323 e. The number of carbonyl (C=O) groups is 1. The lowest BCUT2D eigenvalue weighted by Crippen LogP contribution is -2.19. The Bertz CT molecular complexity index is 533. The van der Waals surface area contributed by atoms with Gasteiger partial charge in [0.15, 0.2) is 0 Å². The minimum Gasteiger partial charge on any atom is -0.480 e. The molecule has 0 aliphatic carbocycles. The van der Waals surface area contributed by atoms with Crippen LogP contribution in [-0.2, 0) is 11.3 Å². The van der Waals surface area contributed by atoms with E-state index < -0.39 is 11.3 Å². The van der Waals surface area contributed by atoms with Gasteiger partial charge in [0, 0.05) is 23.6 Å². The number of aryl methyl sites for hydroxylation is 1. The fourth-order valence-electron chi connectivity index (χ4n) is 1.79. The summed E-state index contributed by atoms with van der Waals surface area (Å²) in [5.41, 5.74) is 2.20. The molecule has 0 amide bonds. The maximum Gasteiger partial charge on any atom is 0.323 e. The molecule has 1 aromatic carbocycles. The van der Waals surface area contributed by atoms with E-state index in [9.17, 15) is 4.79 Å². The van der Waals surface area contributed by atoms with Gasteiger partial charge in [-0.05, 0) is 24.6 Å². The maximum atomic E-state index is 10.7. The Balaban J connectivity index is 2.39. The van der Waals surface area contributed by atoms with E-state index in [0.29, 0.717) is 0 Å². The molecular formula is C12H12ClNO2. The van der Waals surface area contributed by atoms with E-state index in [1.54, 1.807) is 0 Å². The topological polar surface area (TPSA) is 42.2 Å².